The van der Waals surface area contributed by atoms with Gasteiger partial charge in [-0.25, -0.2) is 4.39 Å². The number of rotatable bonds is 9. The van der Waals surface area contributed by atoms with E-state index in [2.05, 4.69) is 9.69 Å². The largest absolute Gasteiger partial charge is 0.465 e. The lowest BCUT2D eigenvalue weighted by molar-refractivity contribution is -0.143. The van der Waals surface area contributed by atoms with Crippen LogP contribution in [0.5, 0.6) is 0 Å². The molecule has 1 aromatic heterocycles. The van der Waals surface area contributed by atoms with Gasteiger partial charge in [-0.05, 0) is 55.2 Å². The molecule has 1 heterocycles. The van der Waals surface area contributed by atoms with Crippen molar-refractivity contribution in [3.05, 3.63) is 76.0 Å². The van der Waals surface area contributed by atoms with Gasteiger partial charge in [0, 0.05) is 5.69 Å². The molecule has 10 nitrogen and oxygen atoms in total. The number of amides is 3. The molecular formula is C24H24FN5O5S. The van der Waals surface area contributed by atoms with Crippen LogP contribution in [0.1, 0.15) is 44.3 Å². The number of nitrogens with one attached hydrogen (secondary N) is 1. The predicted molar refractivity (Wildman–Crippen MR) is 132 cm³/mol. The number of hydrogen-bond donors (Lipinski definition) is 3. The maximum atomic E-state index is 13.8. The first-order valence-corrected chi connectivity index (χ1v) is 11.5. The second kappa shape index (κ2) is 11.4. The molecule has 0 bridgehead atoms. The van der Waals surface area contributed by atoms with Gasteiger partial charge < -0.3 is 21.5 Å². The maximum Gasteiger partial charge on any atom is 0.325 e. The zero-order valence-corrected chi connectivity index (χ0v) is 20.3. The molecule has 3 amide bonds. The van der Waals surface area contributed by atoms with Crippen LogP contribution in [0.3, 0.4) is 0 Å². The zero-order valence-electron chi connectivity index (χ0n) is 19.5. The van der Waals surface area contributed by atoms with E-state index in [4.69, 9.17) is 16.2 Å². The summed E-state index contributed by atoms with van der Waals surface area (Å²) in [6.45, 7) is 3.14. The smallest absolute Gasteiger partial charge is 0.325 e. The third-order valence-electron chi connectivity index (χ3n) is 5.09. The van der Waals surface area contributed by atoms with Crippen LogP contribution < -0.4 is 21.7 Å². The molecule has 0 aliphatic heterocycles. The number of halogens is 1. The lowest BCUT2D eigenvalue weighted by atomic mass is 10.0. The Morgan fingerprint density at radius 3 is 2.31 bits per heavy atom. The first kappa shape index (κ1) is 26.3. The van der Waals surface area contributed by atoms with E-state index >= 15 is 0 Å². The third-order valence-corrected chi connectivity index (χ3v) is 5.94. The van der Waals surface area contributed by atoms with Gasteiger partial charge in [0.15, 0.2) is 5.69 Å². The molecule has 1 atom stereocenters. The van der Waals surface area contributed by atoms with E-state index in [1.54, 1.807) is 31.2 Å². The van der Waals surface area contributed by atoms with Crippen molar-refractivity contribution in [2.75, 3.05) is 23.8 Å². The van der Waals surface area contributed by atoms with Crippen LogP contribution in [0, 0.1) is 12.7 Å². The number of primary amides is 1. The number of anilines is 2. The predicted octanol–water partition coefficient (Wildman–Crippen LogP) is 2.34. The van der Waals surface area contributed by atoms with E-state index in [0.717, 1.165) is 22.6 Å². The Hall–Kier alpha value is -4.32. The number of nitrogens with two attached hydrogens (primary N) is 2. The van der Waals surface area contributed by atoms with Crippen molar-refractivity contribution >= 4 is 46.6 Å². The van der Waals surface area contributed by atoms with Crippen LogP contribution in [-0.2, 0) is 14.3 Å². The minimum Gasteiger partial charge on any atom is -0.465 e. The Kier molecular flexibility index (Phi) is 8.33. The van der Waals surface area contributed by atoms with Gasteiger partial charge >= 0.3 is 5.97 Å². The van der Waals surface area contributed by atoms with E-state index in [9.17, 15) is 23.6 Å². The molecule has 3 aromatic rings. The van der Waals surface area contributed by atoms with Crippen LogP contribution in [-0.4, -0.2) is 41.2 Å². The summed E-state index contributed by atoms with van der Waals surface area (Å²) in [5, 5.41) is 2.47. The average molecular weight is 514 g/mol. The number of ether oxygens (including phenoxy) is 1. The number of aromatic nitrogens is 1. The number of esters is 1. The Balaban J connectivity index is 2.14. The van der Waals surface area contributed by atoms with Crippen molar-refractivity contribution in [1.29, 1.82) is 0 Å². The quantitative estimate of drug-likeness (QED) is 0.371. The van der Waals surface area contributed by atoms with Gasteiger partial charge in [-0.3, -0.25) is 24.1 Å². The zero-order chi connectivity index (χ0) is 26.4. The van der Waals surface area contributed by atoms with Crippen LogP contribution in [0.15, 0.2) is 48.5 Å². The molecule has 5 N–H and O–H groups in total. The van der Waals surface area contributed by atoms with Crippen LogP contribution in [0.4, 0.5) is 15.8 Å². The van der Waals surface area contributed by atoms with Gasteiger partial charge in [-0.15, -0.1) is 0 Å². The molecule has 0 aliphatic rings. The number of carbonyl (C=O) groups is 4. The number of carbonyl (C=O) groups excluding carboxylic acids is 4. The summed E-state index contributed by atoms with van der Waals surface area (Å²) in [6.07, 6.45) is 0. The Bertz CT molecular complexity index is 1280. The standard InChI is InChI=1S/C24H24FN5O5S/c1-3-35-17(31)12-28-23(33)20(14-6-8-15(25)9-7-14)30(16-10-4-13(2)5-11-16)24(34)21-18(26)19(22(27)32)29-36-21/h4-11,20H,3,12,26H2,1-2H3,(H2,27,32)(H,28,33)/t20-/m0/s1. The van der Waals surface area contributed by atoms with Gasteiger partial charge in [0.1, 0.15) is 23.3 Å². The second-order valence-corrected chi connectivity index (χ2v) is 8.40. The Morgan fingerprint density at radius 2 is 1.75 bits per heavy atom. The lowest BCUT2D eigenvalue weighted by Crippen LogP contribution is -2.45. The molecule has 3 rings (SSSR count). The topological polar surface area (TPSA) is 158 Å². The molecule has 0 fully saturated rings. The molecule has 0 spiro atoms. The van der Waals surface area contributed by atoms with E-state index in [1.807, 2.05) is 6.92 Å². The summed E-state index contributed by atoms with van der Waals surface area (Å²) in [4.78, 5) is 51.8. The Labute approximate surface area is 210 Å². The molecule has 0 aliphatic carbocycles. The normalized spacial score (nSPS) is 11.4. The second-order valence-electron chi connectivity index (χ2n) is 7.63. The number of hydrogen-bond acceptors (Lipinski definition) is 8. The fraction of sp³-hybridized carbons (Fsp3) is 0.208. The lowest BCUT2D eigenvalue weighted by Gasteiger charge is -2.31. The molecule has 2 aromatic carbocycles. The first-order valence-electron chi connectivity index (χ1n) is 10.8. The fourth-order valence-corrected chi connectivity index (χ4v) is 4.10. The molecule has 12 heteroatoms. The van der Waals surface area contributed by atoms with Crippen LogP contribution in [0.25, 0.3) is 0 Å². The molecular weight excluding hydrogens is 489 g/mol. The highest BCUT2D eigenvalue weighted by atomic mass is 32.1. The number of nitrogen functional groups attached to an aromatic ring is 1. The number of nitrogens with zero attached hydrogens (tertiary/aromatic N) is 2. The van der Waals surface area contributed by atoms with Gasteiger partial charge in [0.05, 0.1) is 12.3 Å². The van der Waals surface area contributed by atoms with E-state index in [1.165, 1.54) is 12.1 Å². The first-order chi connectivity index (χ1) is 17.1. The van der Waals surface area contributed by atoms with Crippen molar-refractivity contribution in [2.24, 2.45) is 5.73 Å². The third kappa shape index (κ3) is 5.84. The van der Waals surface area contributed by atoms with Crippen LogP contribution >= 0.6 is 11.5 Å². The van der Waals surface area contributed by atoms with Crippen molar-refractivity contribution in [3.8, 4) is 0 Å². The number of benzene rings is 2. The van der Waals surface area contributed by atoms with E-state index in [-0.39, 0.29) is 28.4 Å². The molecule has 0 saturated carbocycles. The van der Waals surface area contributed by atoms with Crippen molar-refractivity contribution < 1.29 is 28.3 Å². The highest BCUT2D eigenvalue weighted by molar-refractivity contribution is 7.09. The summed E-state index contributed by atoms with van der Waals surface area (Å²) in [6, 6.07) is 10.3. The SMILES string of the molecule is CCOC(=O)CNC(=O)[C@H](c1ccc(F)cc1)N(C(=O)c1snc(C(N)=O)c1N)c1ccc(C)cc1. The minimum atomic E-state index is -1.35. The summed E-state index contributed by atoms with van der Waals surface area (Å²) in [5.41, 5.74) is 12.3. The minimum absolute atomic E-state index is 0.116. The van der Waals surface area contributed by atoms with Gasteiger partial charge in [0.25, 0.3) is 11.8 Å². The highest BCUT2D eigenvalue weighted by Crippen LogP contribution is 2.33. The number of aryl methyl sites for hydroxylation is 1. The molecule has 0 unspecified atom stereocenters. The van der Waals surface area contributed by atoms with Crippen LogP contribution in [0.2, 0.25) is 0 Å². The monoisotopic (exact) mass is 513 g/mol. The molecule has 0 saturated heterocycles. The molecule has 188 valence electrons. The van der Waals surface area contributed by atoms with Crippen molar-refractivity contribution in [1.82, 2.24) is 9.69 Å². The van der Waals surface area contributed by atoms with E-state index < -0.39 is 42.1 Å². The van der Waals surface area contributed by atoms with E-state index in [0.29, 0.717) is 17.2 Å². The van der Waals surface area contributed by atoms with Gasteiger partial charge in [0.2, 0.25) is 5.91 Å². The fourth-order valence-electron chi connectivity index (χ4n) is 3.36. The highest BCUT2D eigenvalue weighted by Gasteiger charge is 2.36. The van der Waals surface area contributed by atoms with Gasteiger partial charge in [-0.2, -0.15) is 4.37 Å². The Morgan fingerprint density at radius 1 is 1.11 bits per heavy atom. The molecule has 36 heavy (non-hydrogen) atoms. The summed E-state index contributed by atoms with van der Waals surface area (Å²) in [5.74, 6) is -3.61. The summed E-state index contributed by atoms with van der Waals surface area (Å²) < 4.78 is 22.4. The average Bonchev–Trinajstić information content (AvgIpc) is 3.24. The van der Waals surface area contributed by atoms with Crippen molar-refractivity contribution in [3.63, 3.8) is 0 Å². The molecule has 0 radical (unpaired) electrons. The summed E-state index contributed by atoms with van der Waals surface area (Å²) >= 11 is 0.657. The summed E-state index contributed by atoms with van der Waals surface area (Å²) in [7, 11) is 0. The van der Waals surface area contributed by atoms with Crippen molar-refractivity contribution in [2.45, 2.75) is 19.9 Å². The van der Waals surface area contributed by atoms with Gasteiger partial charge in [-0.1, -0.05) is 29.8 Å². The maximum absolute atomic E-state index is 13.8.